The van der Waals surface area contributed by atoms with Crippen molar-refractivity contribution in [3.05, 3.63) is 84.1 Å². The van der Waals surface area contributed by atoms with Crippen molar-refractivity contribution in [2.75, 3.05) is 31.5 Å². The third-order valence-corrected chi connectivity index (χ3v) is 4.92. The van der Waals surface area contributed by atoms with Gasteiger partial charge in [-0.25, -0.2) is 14.4 Å². The quantitative estimate of drug-likeness (QED) is 0.723. The molecule has 1 aromatic heterocycles. The Morgan fingerprint density at radius 3 is 2.34 bits per heavy atom. The van der Waals surface area contributed by atoms with E-state index in [4.69, 9.17) is 0 Å². The van der Waals surface area contributed by atoms with Crippen molar-refractivity contribution in [2.45, 2.75) is 6.54 Å². The molecular weight excluding hydrogens is 369 g/mol. The van der Waals surface area contributed by atoms with E-state index < -0.39 is 0 Å². The van der Waals surface area contributed by atoms with Gasteiger partial charge in [-0.05, 0) is 17.7 Å². The number of benzene rings is 2. The monoisotopic (exact) mass is 391 g/mol. The third-order valence-electron chi connectivity index (χ3n) is 4.92. The van der Waals surface area contributed by atoms with Crippen LogP contribution in [0.2, 0.25) is 0 Å². The smallest absolute Gasteiger partial charge is 0.274 e. The molecule has 148 valence electrons. The van der Waals surface area contributed by atoms with Crippen LogP contribution in [0.4, 0.5) is 15.9 Å². The lowest BCUT2D eigenvalue weighted by atomic mass is 10.2. The Morgan fingerprint density at radius 1 is 0.931 bits per heavy atom. The Labute approximate surface area is 169 Å². The van der Waals surface area contributed by atoms with Gasteiger partial charge in [0.2, 0.25) is 0 Å². The topological polar surface area (TPSA) is 61.4 Å². The first-order valence-corrected chi connectivity index (χ1v) is 9.58. The highest BCUT2D eigenvalue weighted by atomic mass is 19.1. The molecule has 0 unspecified atom stereocenters. The summed E-state index contributed by atoms with van der Waals surface area (Å²) in [5, 5.41) is 2.87. The van der Waals surface area contributed by atoms with Gasteiger partial charge in [-0.1, -0.05) is 42.5 Å². The van der Waals surface area contributed by atoms with Crippen LogP contribution in [0.25, 0.3) is 0 Å². The number of amides is 1. The van der Waals surface area contributed by atoms with Crippen molar-refractivity contribution >= 4 is 17.4 Å². The van der Waals surface area contributed by atoms with Crippen LogP contribution in [0.3, 0.4) is 0 Å². The summed E-state index contributed by atoms with van der Waals surface area (Å²) < 4.78 is 13.7. The molecule has 0 aliphatic carbocycles. The van der Waals surface area contributed by atoms with E-state index in [1.165, 1.54) is 24.0 Å². The van der Waals surface area contributed by atoms with Crippen molar-refractivity contribution in [1.29, 1.82) is 0 Å². The van der Waals surface area contributed by atoms with Crippen LogP contribution in [0.5, 0.6) is 0 Å². The molecule has 1 saturated heterocycles. The van der Waals surface area contributed by atoms with Crippen molar-refractivity contribution in [3.63, 3.8) is 0 Å². The Hall–Kier alpha value is -3.32. The number of hydrogen-bond acceptors (Lipinski definition) is 5. The van der Waals surface area contributed by atoms with Gasteiger partial charge < -0.3 is 10.2 Å². The van der Waals surface area contributed by atoms with Gasteiger partial charge in [-0.3, -0.25) is 9.69 Å². The maximum absolute atomic E-state index is 13.7. The first-order chi connectivity index (χ1) is 14.2. The number of aromatic nitrogens is 2. The van der Waals surface area contributed by atoms with Crippen LogP contribution >= 0.6 is 0 Å². The van der Waals surface area contributed by atoms with Gasteiger partial charge in [-0.2, -0.15) is 0 Å². The Kier molecular flexibility index (Phi) is 5.76. The summed E-state index contributed by atoms with van der Waals surface area (Å²) in [6, 6.07) is 16.7. The standard InChI is InChI=1S/C22H22FN5O/c23-18-8-4-5-9-19(18)26-21-15-24-20(14-25-21)22(29)28-12-10-27(11-13-28)16-17-6-2-1-3-7-17/h1-9,14-15H,10-13,16H2,(H,25,26). The summed E-state index contributed by atoms with van der Waals surface area (Å²) in [4.78, 5) is 25.3. The molecular formula is C22H22FN5O. The largest absolute Gasteiger partial charge is 0.337 e. The molecule has 2 heterocycles. The molecule has 3 aromatic rings. The number of halogens is 1. The average molecular weight is 391 g/mol. The van der Waals surface area contributed by atoms with Gasteiger partial charge in [0.25, 0.3) is 5.91 Å². The van der Waals surface area contributed by atoms with Gasteiger partial charge >= 0.3 is 0 Å². The van der Waals surface area contributed by atoms with Crippen LogP contribution in [0.1, 0.15) is 16.1 Å². The minimum atomic E-state index is -0.372. The van der Waals surface area contributed by atoms with Crippen LogP contribution in [-0.4, -0.2) is 51.9 Å². The highest BCUT2D eigenvalue weighted by molar-refractivity contribution is 5.92. The maximum atomic E-state index is 13.7. The van der Waals surface area contributed by atoms with Gasteiger partial charge in [0.05, 0.1) is 18.1 Å². The Bertz CT molecular complexity index is 956. The summed E-state index contributed by atoms with van der Waals surface area (Å²) in [6.45, 7) is 3.84. The number of carbonyl (C=O) groups excluding carboxylic acids is 1. The molecule has 2 aromatic carbocycles. The van der Waals surface area contributed by atoms with Gasteiger partial charge in [0.1, 0.15) is 17.3 Å². The van der Waals surface area contributed by atoms with Crippen molar-refractivity contribution in [3.8, 4) is 0 Å². The molecule has 0 radical (unpaired) electrons. The predicted molar refractivity (Wildman–Crippen MR) is 109 cm³/mol. The number of para-hydroxylation sites is 1. The van der Waals surface area contributed by atoms with E-state index in [0.29, 0.717) is 30.3 Å². The second kappa shape index (κ2) is 8.79. The van der Waals surface area contributed by atoms with E-state index in [1.54, 1.807) is 23.1 Å². The number of piperazine rings is 1. The number of nitrogens with one attached hydrogen (secondary N) is 1. The van der Waals surface area contributed by atoms with Crippen LogP contribution in [0, 0.1) is 5.82 Å². The first-order valence-electron chi connectivity index (χ1n) is 9.58. The second-order valence-corrected chi connectivity index (χ2v) is 6.95. The molecule has 1 aliphatic rings. The fourth-order valence-electron chi connectivity index (χ4n) is 3.32. The van der Waals surface area contributed by atoms with Crippen LogP contribution in [-0.2, 0) is 6.54 Å². The third kappa shape index (κ3) is 4.75. The molecule has 1 fully saturated rings. The molecule has 7 heteroatoms. The molecule has 0 atom stereocenters. The SMILES string of the molecule is O=C(c1cnc(Nc2ccccc2F)cn1)N1CCN(Cc2ccccc2)CC1. The van der Waals surface area contributed by atoms with E-state index in [9.17, 15) is 9.18 Å². The normalized spacial score (nSPS) is 14.6. The fourth-order valence-corrected chi connectivity index (χ4v) is 3.32. The zero-order valence-corrected chi connectivity index (χ0v) is 16.0. The van der Waals surface area contributed by atoms with E-state index in [1.807, 2.05) is 18.2 Å². The zero-order valence-electron chi connectivity index (χ0n) is 16.0. The summed E-state index contributed by atoms with van der Waals surface area (Å²) in [7, 11) is 0. The van der Waals surface area contributed by atoms with Crippen LogP contribution in [0.15, 0.2) is 67.0 Å². The Balaban J connectivity index is 1.32. The molecule has 1 N–H and O–H groups in total. The zero-order chi connectivity index (χ0) is 20.1. The molecule has 1 aliphatic heterocycles. The second-order valence-electron chi connectivity index (χ2n) is 6.95. The van der Waals surface area contributed by atoms with Gasteiger partial charge in [-0.15, -0.1) is 0 Å². The van der Waals surface area contributed by atoms with Gasteiger partial charge in [0.15, 0.2) is 0 Å². The molecule has 0 saturated carbocycles. The van der Waals surface area contributed by atoms with E-state index in [0.717, 1.165) is 19.6 Å². The van der Waals surface area contributed by atoms with Crippen molar-refractivity contribution in [2.24, 2.45) is 0 Å². The molecule has 6 nitrogen and oxygen atoms in total. The number of carbonyl (C=O) groups is 1. The van der Waals surface area contributed by atoms with Crippen LogP contribution < -0.4 is 5.32 Å². The number of hydrogen-bond donors (Lipinski definition) is 1. The lowest BCUT2D eigenvalue weighted by molar-refractivity contribution is 0.0622. The summed E-state index contributed by atoms with van der Waals surface area (Å²) >= 11 is 0. The van der Waals surface area contributed by atoms with E-state index in [2.05, 4.69) is 32.3 Å². The van der Waals surface area contributed by atoms with Gasteiger partial charge in [0, 0.05) is 32.7 Å². The highest BCUT2D eigenvalue weighted by Crippen LogP contribution is 2.17. The Morgan fingerprint density at radius 2 is 1.66 bits per heavy atom. The van der Waals surface area contributed by atoms with E-state index in [-0.39, 0.29) is 11.7 Å². The molecule has 0 bridgehead atoms. The molecule has 29 heavy (non-hydrogen) atoms. The molecule has 0 spiro atoms. The van der Waals surface area contributed by atoms with Crippen molar-refractivity contribution in [1.82, 2.24) is 19.8 Å². The predicted octanol–water partition coefficient (Wildman–Crippen LogP) is 3.32. The summed E-state index contributed by atoms with van der Waals surface area (Å²) in [6.07, 6.45) is 2.88. The minimum Gasteiger partial charge on any atom is -0.337 e. The van der Waals surface area contributed by atoms with E-state index >= 15 is 0 Å². The molecule has 4 rings (SSSR count). The number of anilines is 2. The average Bonchev–Trinajstić information content (AvgIpc) is 2.77. The molecule has 1 amide bonds. The lowest BCUT2D eigenvalue weighted by Gasteiger charge is -2.34. The fraction of sp³-hybridized carbons (Fsp3) is 0.227. The summed E-state index contributed by atoms with van der Waals surface area (Å²) in [5.41, 5.74) is 1.88. The number of rotatable bonds is 5. The van der Waals surface area contributed by atoms with Crippen molar-refractivity contribution < 1.29 is 9.18 Å². The number of nitrogens with zero attached hydrogens (tertiary/aromatic N) is 4. The summed E-state index contributed by atoms with van der Waals surface area (Å²) in [5.74, 6) is -0.114. The lowest BCUT2D eigenvalue weighted by Crippen LogP contribution is -2.48. The minimum absolute atomic E-state index is 0.130. The highest BCUT2D eigenvalue weighted by Gasteiger charge is 2.23. The maximum Gasteiger partial charge on any atom is 0.274 e. The first kappa shape index (κ1) is 19.0.